The first-order valence-electron chi connectivity index (χ1n) is 8.57. The van der Waals surface area contributed by atoms with E-state index in [1.54, 1.807) is 12.1 Å². The normalized spacial score (nSPS) is 17.6. The van der Waals surface area contributed by atoms with Crippen molar-refractivity contribution in [3.8, 4) is 0 Å². The van der Waals surface area contributed by atoms with Crippen LogP contribution in [-0.2, 0) is 4.74 Å². The third-order valence-electron chi connectivity index (χ3n) is 4.99. The van der Waals surface area contributed by atoms with E-state index in [0.29, 0.717) is 0 Å². The van der Waals surface area contributed by atoms with Crippen molar-refractivity contribution in [2.24, 2.45) is 0 Å². The number of aryl methyl sites for hydroxylation is 1. The molecule has 5 nitrogen and oxygen atoms in total. The van der Waals surface area contributed by atoms with Crippen molar-refractivity contribution in [2.45, 2.75) is 19.9 Å². The molecule has 24 heavy (non-hydrogen) atoms. The van der Waals surface area contributed by atoms with Gasteiger partial charge in [-0.3, -0.25) is 9.69 Å². The summed E-state index contributed by atoms with van der Waals surface area (Å²) in [5.41, 5.74) is 3.41. The van der Waals surface area contributed by atoms with Crippen LogP contribution in [0.15, 0.2) is 35.3 Å². The minimum Gasteiger partial charge on any atom is -0.379 e. The van der Waals surface area contributed by atoms with E-state index in [0.717, 1.165) is 49.4 Å². The topological polar surface area (TPSA) is 50.3 Å². The maximum absolute atomic E-state index is 12.0. The second kappa shape index (κ2) is 6.07. The lowest BCUT2D eigenvalue weighted by Gasteiger charge is -2.30. The molecule has 0 saturated carbocycles. The lowest BCUT2D eigenvalue weighted by Crippen LogP contribution is -2.39. The summed E-state index contributed by atoms with van der Waals surface area (Å²) < 4.78 is 7.78. The summed E-state index contributed by atoms with van der Waals surface area (Å²) in [5, 5.41) is 2.35. The molecule has 3 aromatic rings. The van der Waals surface area contributed by atoms with Gasteiger partial charge in [-0.05, 0) is 32.0 Å². The van der Waals surface area contributed by atoms with Crippen molar-refractivity contribution >= 4 is 21.8 Å². The van der Waals surface area contributed by atoms with Gasteiger partial charge in [-0.1, -0.05) is 0 Å². The first kappa shape index (κ1) is 15.4. The molecule has 1 fully saturated rings. The average Bonchev–Trinajstić information content (AvgIpc) is 2.90. The number of aromatic amines is 1. The molecule has 2 aromatic heterocycles. The Balaban J connectivity index is 1.87. The molecule has 126 valence electrons. The number of pyridine rings is 1. The summed E-state index contributed by atoms with van der Waals surface area (Å²) in [7, 11) is 0. The Labute approximate surface area is 140 Å². The van der Waals surface area contributed by atoms with Crippen LogP contribution in [0.25, 0.3) is 21.8 Å². The van der Waals surface area contributed by atoms with Crippen LogP contribution < -0.4 is 5.43 Å². The summed E-state index contributed by atoms with van der Waals surface area (Å²) in [4.78, 5) is 17.7. The SMILES string of the molecule is Cc1[nH]ccc2c3ccc(=O)cc3n([C@@H](C)CN3CCOCC3)c12. The van der Waals surface area contributed by atoms with Crippen molar-refractivity contribution in [3.63, 3.8) is 0 Å². The number of aromatic nitrogens is 2. The zero-order chi connectivity index (χ0) is 16.7. The average molecular weight is 325 g/mol. The molecule has 0 unspecified atom stereocenters. The maximum atomic E-state index is 12.0. The first-order valence-corrected chi connectivity index (χ1v) is 8.57. The monoisotopic (exact) mass is 325 g/mol. The molecule has 1 aliphatic heterocycles. The second-order valence-electron chi connectivity index (χ2n) is 6.68. The van der Waals surface area contributed by atoms with Crippen molar-refractivity contribution in [2.75, 3.05) is 32.8 Å². The smallest absolute Gasteiger partial charge is 0.180 e. The van der Waals surface area contributed by atoms with Crippen LogP contribution in [0.1, 0.15) is 18.7 Å². The molecule has 1 N–H and O–H groups in total. The van der Waals surface area contributed by atoms with E-state index in [1.165, 1.54) is 10.9 Å². The summed E-state index contributed by atoms with van der Waals surface area (Å²) in [6, 6.07) is 7.76. The minimum atomic E-state index is 0.0618. The molecule has 4 rings (SSSR count). The highest BCUT2D eigenvalue weighted by molar-refractivity contribution is 6.08. The quantitative estimate of drug-likeness (QED) is 0.805. The van der Waals surface area contributed by atoms with Crippen LogP contribution >= 0.6 is 0 Å². The Morgan fingerprint density at radius 2 is 2.00 bits per heavy atom. The molecule has 1 atom stereocenters. The van der Waals surface area contributed by atoms with Gasteiger partial charge in [0.05, 0.1) is 24.2 Å². The molecule has 5 heteroatoms. The number of hydrogen-bond donors (Lipinski definition) is 1. The summed E-state index contributed by atoms with van der Waals surface area (Å²) >= 11 is 0. The van der Waals surface area contributed by atoms with Gasteiger partial charge in [0.1, 0.15) is 0 Å². The Morgan fingerprint density at radius 1 is 1.21 bits per heavy atom. The predicted molar refractivity (Wildman–Crippen MR) is 96.8 cm³/mol. The zero-order valence-corrected chi connectivity index (χ0v) is 14.2. The van der Waals surface area contributed by atoms with Crippen molar-refractivity contribution in [1.29, 1.82) is 0 Å². The van der Waals surface area contributed by atoms with Gasteiger partial charge in [0.25, 0.3) is 0 Å². The van der Waals surface area contributed by atoms with Crippen molar-refractivity contribution in [1.82, 2.24) is 14.5 Å². The standard InChI is InChI=1S/C19H23N3O2/c1-13(12-21-7-9-24-10-8-21)22-18-11-15(23)3-4-16(18)17-5-6-20-14(2)19(17)22/h3-6,11,13,20H,7-10,12H2,1-2H3/t13-/m0/s1. The van der Waals surface area contributed by atoms with E-state index >= 15 is 0 Å². The molecule has 1 saturated heterocycles. The molecule has 3 heterocycles. The largest absolute Gasteiger partial charge is 0.379 e. The van der Waals surface area contributed by atoms with E-state index in [-0.39, 0.29) is 11.5 Å². The van der Waals surface area contributed by atoms with E-state index in [1.807, 2.05) is 12.3 Å². The van der Waals surface area contributed by atoms with Crippen LogP contribution in [0.3, 0.4) is 0 Å². The van der Waals surface area contributed by atoms with E-state index < -0.39 is 0 Å². The maximum Gasteiger partial charge on any atom is 0.180 e. The minimum absolute atomic E-state index is 0.0618. The first-order chi connectivity index (χ1) is 11.6. The van der Waals surface area contributed by atoms with Crippen LogP contribution in [-0.4, -0.2) is 47.3 Å². The zero-order valence-electron chi connectivity index (χ0n) is 14.2. The fourth-order valence-electron chi connectivity index (χ4n) is 3.88. The highest BCUT2D eigenvalue weighted by Crippen LogP contribution is 2.32. The third kappa shape index (κ3) is 2.54. The Bertz CT molecular complexity index is 935. The third-order valence-corrected chi connectivity index (χ3v) is 4.99. The van der Waals surface area contributed by atoms with Crippen LogP contribution in [0.4, 0.5) is 0 Å². The number of nitrogens with one attached hydrogen (secondary N) is 1. The van der Waals surface area contributed by atoms with Gasteiger partial charge < -0.3 is 14.3 Å². The van der Waals surface area contributed by atoms with Crippen molar-refractivity contribution < 1.29 is 4.74 Å². The molecule has 1 aliphatic rings. The molecule has 0 spiro atoms. The summed E-state index contributed by atoms with van der Waals surface area (Å²) in [6.45, 7) is 8.84. The van der Waals surface area contributed by atoms with Gasteiger partial charge in [-0.2, -0.15) is 0 Å². The number of morpholine rings is 1. The number of hydrogen-bond acceptors (Lipinski definition) is 3. The molecule has 0 radical (unpaired) electrons. The fourth-order valence-corrected chi connectivity index (χ4v) is 3.88. The lowest BCUT2D eigenvalue weighted by molar-refractivity contribution is 0.0330. The van der Waals surface area contributed by atoms with E-state index in [4.69, 9.17) is 4.74 Å². The fraction of sp³-hybridized carbons (Fsp3) is 0.421. The molecule has 0 bridgehead atoms. The second-order valence-corrected chi connectivity index (χ2v) is 6.68. The van der Waals surface area contributed by atoms with Gasteiger partial charge in [0, 0.05) is 54.4 Å². The summed E-state index contributed by atoms with van der Waals surface area (Å²) in [5.74, 6) is 0. The number of H-pyrrole nitrogens is 1. The van der Waals surface area contributed by atoms with E-state index in [2.05, 4.69) is 34.4 Å². The van der Waals surface area contributed by atoms with E-state index in [9.17, 15) is 4.79 Å². The molecule has 0 aliphatic carbocycles. The Morgan fingerprint density at radius 3 is 2.79 bits per heavy atom. The number of nitrogens with zero attached hydrogens (tertiary/aromatic N) is 2. The van der Waals surface area contributed by atoms with Crippen molar-refractivity contribution in [3.05, 3.63) is 46.4 Å². The predicted octanol–water partition coefficient (Wildman–Crippen LogP) is 2.68. The number of fused-ring (bicyclic) bond motifs is 3. The number of benzene rings is 1. The van der Waals surface area contributed by atoms with Gasteiger partial charge in [-0.25, -0.2) is 0 Å². The van der Waals surface area contributed by atoms with Crippen LogP contribution in [0.2, 0.25) is 0 Å². The Kier molecular flexibility index (Phi) is 3.90. The highest BCUT2D eigenvalue weighted by Gasteiger charge is 2.20. The van der Waals surface area contributed by atoms with Crippen LogP contribution in [0, 0.1) is 6.92 Å². The van der Waals surface area contributed by atoms with Gasteiger partial charge in [0.2, 0.25) is 0 Å². The number of rotatable bonds is 3. The molecular weight excluding hydrogens is 302 g/mol. The molecular formula is C19H23N3O2. The van der Waals surface area contributed by atoms with Gasteiger partial charge >= 0.3 is 0 Å². The van der Waals surface area contributed by atoms with Gasteiger partial charge in [0.15, 0.2) is 5.43 Å². The highest BCUT2D eigenvalue weighted by atomic mass is 16.5. The summed E-state index contributed by atoms with van der Waals surface area (Å²) in [6.07, 6.45) is 1.97. The Hall–Kier alpha value is -2.11. The number of ether oxygens (including phenoxy) is 1. The molecule has 1 aromatic carbocycles. The molecule has 0 amide bonds. The lowest BCUT2D eigenvalue weighted by atomic mass is 10.2. The van der Waals surface area contributed by atoms with Gasteiger partial charge in [-0.15, -0.1) is 0 Å². The van der Waals surface area contributed by atoms with Crippen LogP contribution in [0.5, 0.6) is 0 Å².